The number of nitrogens with one attached hydrogen (secondary N) is 1. The summed E-state index contributed by atoms with van der Waals surface area (Å²) in [5.41, 5.74) is 1.27. The molecule has 0 aliphatic carbocycles. The van der Waals surface area contributed by atoms with Gasteiger partial charge >= 0.3 is 0 Å². The maximum Gasteiger partial charge on any atom is 0.247 e. The van der Waals surface area contributed by atoms with Gasteiger partial charge in [0.05, 0.1) is 6.04 Å². The average Bonchev–Trinajstić information content (AvgIpc) is 3.20. The van der Waals surface area contributed by atoms with Crippen molar-refractivity contribution in [2.24, 2.45) is 0 Å². The minimum atomic E-state index is -0.799. The number of piperidine rings is 1. The maximum atomic E-state index is 11.7. The van der Waals surface area contributed by atoms with E-state index < -0.39 is 5.60 Å². The van der Waals surface area contributed by atoms with Gasteiger partial charge in [0.1, 0.15) is 5.60 Å². The molecule has 0 radical (unpaired) electrons. The van der Waals surface area contributed by atoms with Crippen LogP contribution in [0.3, 0.4) is 0 Å². The fourth-order valence-corrected chi connectivity index (χ4v) is 4.46. The van der Waals surface area contributed by atoms with Crippen LogP contribution in [0.4, 0.5) is 0 Å². The molecule has 5 nitrogen and oxygen atoms in total. The zero-order valence-corrected chi connectivity index (χ0v) is 15.1. The van der Waals surface area contributed by atoms with Gasteiger partial charge in [-0.15, -0.1) is 0 Å². The summed E-state index contributed by atoms with van der Waals surface area (Å²) in [6.07, 6.45) is 4.94. The Labute approximate surface area is 154 Å². The number of aromatic nitrogens is 1. The molecule has 0 amide bonds. The second kappa shape index (κ2) is 7.35. The Morgan fingerprint density at radius 1 is 1.08 bits per heavy atom. The Hall–Kier alpha value is -1.95. The summed E-state index contributed by atoms with van der Waals surface area (Å²) in [4.78, 5) is 18.9. The van der Waals surface area contributed by atoms with Gasteiger partial charge in [0, 0.05) is 31.9 Å². The van der Waals surface area contributed by atoms with E-state index >= 15 is 0 Å². The summed E-state index contributed by atoms with van der Waals surface area (Å²) in [7, 11) is 0. The highest BCUT2D eigenvalue weighted by atomic mass is 16.3. The Balaban J connectivity index is 1.56. The van der Waals surface area contributed by atoms with Gasteiger partial charge < -0.3 is 10.1 Å². The number of hydrogen-bond donors (Lipinski definition) is 2. The normalized spacial score (nSPS) is 27.7. The average molecular weight is 353 g/mol. The van der Waals surface area contributed by atoms with Gasteiger partial charge in [-0.05, 0) is 43.5 Å². The number of H-pyrrole nitrogens is 1. The molecule has 3 heterocycles. The van der Waals surface area contributed by atoms with Crippen LogP contribution in [0, 0.1) is 0 Å². The molecule has 2 aliphatic rings. The summed E-state index contributed by atoms with van der Waals surface area (Å²) < 4.78 is 0. The number of likely N-dealkylation sites (tertiary alicyclic amines) is 2. The lowest BCUT2D eigenvalue weighted by Crippen LogP contribution is -2.60. The maximum absolute atomic E-state index is 11.7. The summed E-state index contributed by atoms with van der Waals surface area (Å²) in [5, 5.41) is 11.7. The second-order valence-electron chi connectivity index (χ2n) is 7.60. The quantitative estimate of drug-likeness (QED) is 0.882. The smallest absolute Gasteiger partial charge is 0.247 e. The van der Waals surface area contributed by atoms with Gasteiger partial charge in [0.15, 0.2) is 0 Å². The summed E-state index contributed by atoms with van der Waals surface area (Å²) in [5.74, 6) is 0. The third-order valence-corrected chi connectivity index (χ3v) is 5.90. The molecule has 4 rings (SSSR count). The first-order chi connectivity index (χ1) is 12.6. The van der Waals surface area contributed by atoms with Gasteiger partial charge in [-0.25, -0.2) is 0 Å². The molecule has 26 heavy (non-hydrogen) atoms. The molecule has 0 spiro atoms. The highest BCUT2D eigenvalue weighted by molar-refractivity contribution is 5.26. The Bertz CT molecular complexity index is 765. The molecule has 2 atom stereocenters. The van der Waals surface area contributed by atoms with Gasteiger partial charge in [0.25, 0.3) is 0 Å². The van der Waals surface area contributed by atoms with Crippen LogP contribution < -0.4 is 5.56 Å². The van der Waals surface area contributed by atoms with Crippen molar-refractivity contribution >= 4 is 0 Å². The van der Waals surface area contributed by atoms with Crippen molar-refractivity contribution in [1.82, 2.24) is 14.8 Å². The van der Waals surface area contributed by atoms with E-state index in [0.717, 1.165) is 50.3 Å². The Kier molecular flexibility index (Phi) is 4.94. The van der Waals surface area contributed by atoms with Gasteiger partial charge in [-0.2, -0.15) is 0 Å². The fraction of sp³-hybridized carbons (Fsp3) is 0.476. The molecule has 0 unspecified atom stereocenters. The van der Waals surface area contributed by atoms with Crippen LogP contribution >= 0.6 is 0 Å². The zero-order valence-electron chi connectivity index (χ0n) is 15.1. The first-order valence-electron chi connectivity index (χ1n) is 9.57. The highest BCUT2D eigenvalue weighted by Gasteiger charge is 2.46. The third kappa shape index (κ3) is 3.47. The molecule has 138 valence electrons. The molecule has 2 saturated heterocycles. The first kappa shape index (κ1) is 17.5. The number of benzene rings is 1. The lowest BCUT2D eigenvalue weighted by molar-refractivity contribution is -0.0959. The second-order valence-corrected chi connectivity index (χ2v) is 7.60. The van der Waals surface area contributed by atoms with E-state index in [9.17, 15) is 9.90 Å². The molecule has 2 aliphatic heterocycles. The van der Waals surface area contributed by atoms with Crippen LogP contribution in [0.5, 0.6) is 0 Å². The fourth-order valence-electron chi connectivity index (χ4n) is 4.46. The van der Waals surface area contributed by atoms with E-state index in [1.807, 2.05) is 24.3 Å². The number of aliphatic hydroxyl groups is 1. The van der Waals surface area contributed by atoms with Crippen LogP contribution in [0.25, 0.3) is 0 Å². The van der Waals surface area contributed by atoms with E-state index in [0.29, 0.717) is 0 Å². The van der Waals surface area contributed by atoms with Crippen LogP contribution in [-0.2, 0) is 12.1 Å². The van der Waals surface area contributed by atoms with Crippen molar-refractivity contribution in [3.05, 3.63) is 70.1 Å². The minimum absolute atomic E-state index is 0.0687. The van der Waals surface area contributed by atoms with Crippen molar-refractivity contribution < 1.29 is 5.11 Å². The molecular formula is C21H27N3O2. The lowest BCUT2D eigenvalue weighted by atomic mass is 9.79. The molecule has 0 bridgehead atoms. The van der Waals surface area contributed by atoms with Crippen LogP contribution in [0.15, 0.2) is 53.5 Å². The Morgan fingerprint density at radius 3 is 2.54 bits per heavy atom. The number of aromatic amines is 1. The summed E-state index contributed by atoms with van der Waals surface area (Å²) in [6.45, 7) is 4.60. The predicted octanol–water partition coefficient (Wildman–Crippen LogP) is 1.93. The van der Waals surface area contributed by atoms with Crippen molar-refractivity contribution in [1.29, 1.82) is 0 Å². The Morgan fingerprint density at radius 2 is 1.85 bits per heavy atom. The van der Waals surface area contributed by atoms with E-state index in [1.165, 1.54) is 12.8 Å². The van der Waals surface area contributed by atoms with Crippen LogP contribution in [0.1, 0.15) is 30.4 Å². The predicted molar refractivity (Wildman–Crippen MR) is 102 cm³/mol. The van der Waals surface area contributed by atoms with Crippen LogP contribution in [0.2, 0.25) is 0 Å². The molecule has 5 heteroatoms. The van der Waals surface area contributed by atoms with Crippen molar-refractivity contribution in [2.45, 2.75) is 37.5 Å². The minimum Gasteiger partial charge on any atom is -0.383 e. The molecule has 2 N–H and O–H groups in total. The number of pyridine rings is 1. The molecule has 1 aromatic carbocycles. The largest absolute Gasteiger partial charge is 0.383 e. The summed E-state index contributed by atoms with van der Waals surface area (Å²) in [6, 6.07) is 13.7. The van der Waals surface area contributed by atoms with E-state index in [4.69, 9.17) is 0 Å². The molecule has 0 saturated carbocycles. The standard InChI is InChI=1S/C21H27N3O2/c25-20-9-8-17(14-22-20)15-23-13-10-21(26,18-6-2-1-3-7-18)19(16-23)24-11-4-5-12-24/h1-3,6-9,14,19,26H,4-5,10-13,15-16H2,(H,22,25)/t19-,21+/m1/s1. The number of rotatable bonds is 4. The monoisotopic (exact) mass is 353 g/mol. The zero-order chi connectivity index (χ0) is 18.0. The SMILES string of the molecule is O=c1ccc(CN2CC[C@](O)(c3ccccc3)[C@H](N3CCCC3)C2)c[nH]1. The van der Waals surface area contributed by atoms with Crippen molar-refractivity contribution in [3.8, 4) is 0 Å². The van der Waals surface area contributed by atoms with Crippen molar-refractivity contribution in [3.63, 3.8) is 0 Å². The lowest BCUT2D eigenvalue weighted by Gasteiger charge is -2.48. The topological polar surface area (TPSA) is 59.6 Å². The van der Waals surface area contributed by atoms with Gasteiger partial charge in [-0.1, -0.05) is 36.4 Å². The van der Waals surface area contributed by atoms with E-state index in [1.54, 1.807) is 12.3 Å². The number of hydrogen-bond acceptors (Lipinski definition) is 4. The van der Waals surface area contributed by atoms with Crippen LogP contribution in [-0.4, -0.2) is 52.1 Å². The first-order valence-corrected chi connectivity index (χ1v) is 9.57. The number of nitrogens with zero attached hydrogens (tertiary/aromatic N) is 2. The molecule has 1 aromatic heterocycles. The van der Waals surface area contributed by atoms with Gasteiger partial charge in [-0.3, -0.25) is 14.6 Å². The highest BCUT2D eigenvalue weighted by Crippen LogP contribution is 2.37. The van der Waals surface area contributed by atoms with E-state index in [2.05, 4.69) is 26.9 Å². The third-order valence-electron chi connectivity index (χ3n) is 5.90. The van der Waals surface area contributed by atoms with Crippen molar-refractivity contribution in [2.75, 3.05) is 26.2 Å². The van der Waals surface area contributed by atoms with Gasteiger partial charge in [0.2, 0.25) is 5.56 Å². The van der Waals surface area contributed by atoms with E-state index in [-0.39, 0.29) is 11.6 Å². The molecule has 2 aromatic rings. The molecular weight excluding hydrogens is 326 g/mol. The molecule has 2 fully saturated rings. The summed E-state index contributed by atoms with van der Waals surface area (Å²) >= 11 is 0.